The number of halogens is 1. The first-order valence-electron chi connectivity index (χ1n) is 6.53. The van der Waals surface area contributed by atoms with Gasteiger partial charge in [-0.3, -0.25) is 11.3 Å². The van der Waals surface area contributed by atoms with Crippen molar-refractivity contribution in [1.29, 1.82) is 0 Å². The van der Waals surface area contributed by atoms with Crippen LogP contribution in [0.15, 0.2) is 53.0 Å². The summed E-state index contributed by atoms with van der Waals surface area (Å²) >= 11 is 3.51. The first kappa shape index (κ1) is 14.3. The van der Waals surface area contributed by atoms with Crippen molar-refractivity contribution in [1.82, 2.24) is 5.43 Å². The molecule has 2 rings (SSSR count). The number of nitrogens with one attached hydrogen (secondary N) is 1. The van der Waals surface area contributed by atoms with E-state index in [9.17, 15) is 0 Å². The molecular weight excluding hydrogens is 300 g/mol. The maximum Gasteiger partial charge on any atom is 0.0503 e. The lowest BCUT2D eigenvalue weighted by atomic mass is 9.94. The highest BCUT2D eigenvalue weighted by molar-refractivity contribution is 9.10. The van der Waals surface area contributed by atoms with E-state index in [0.717, 1.165) is 17.3 Å². The third-order valence-corrected chi connectivity index (χ3v) is 3.83. The van der Waals surface area contributed by atoms with Crippen LogP contribution in [0.25, 0.3) is 0 Å². The zero-order valence-corrected chi connectivity index (χ0v) is 12.7. The summed E-state index contributed by atoms with van der Waals surface area (Å²) in [6.07, 6.45) is 1.90. The van der Waals surface area contributed by atoms with Crippen LogP contribution in [0, 0.1) is 0 Å². The van der Waals surface area contributed by atoms with Crippen LogP contribution in [-0.4, -0.2) is 0 Å². The molecular formula is C16H19BrN2. The average molecular weight is 319 g/mol. The predicted octanol–water partition coefficient (Wildman–Crippen LogP) is 3.76. The highest BCUT2D eigenvalue weighted by Crippen LogP contribution is 2.23. The van der Waals surface area contributed by atoms with Crippen LogP contribution in [-0.2, 0) is 12.8 Å². The van der Waals surface area contributed by atoms with Crippen molar-refractivity contribution in [3.63, 3.8) is 0 Å². The summed E-state index contributed by atoms with van der Waals surface area (Å²) in [5, 5.41) is 0. The van der Waals surface area contributed by atoms with Gasteiger partial charge in [0.2, 0.25) is 0 Å². The van der Waals surface area contributed by atoms with Crippen LogP contribution in [0.2, 0.25) is 0 Å². The normalized spacial score (nSPS) is 12.4. The first-order valence-corrected chi connectivity index (χ1v) is 7.32. The Bertz CT molecular complexity index is 540. The van der Waals surface area contributed by atoms with Crippen LogP contribution >= 0.6 is 15.9 Å². The molecule has 19 heavy (non-hydrogen) atoms. The van der Waals surface area contributed by atoms with E-state index >= 15 is 0 Å². The summed E-state index contributed by atoms with van der Waals surface area (Å²) in [6.45, 7) is 2.17. The fourth-order valence-electron chi connectivity index (χ4n) is 2.35. The molecule has 1 atom stereocenters. The molecule has 100 valence electrons. The van der Waals surface area contributed by atoms with Gasteiger partial charge >= 0.3 is 0 Å². The Labute approximate surface area is 123 Å². The van der Waals surface area contributed by atoms with Gasteiger partial charge < -0.3 is 0 Å². The van der Waals surface area contributed by atoms with Crippen molar-refractivity contribution in [2.45, 2.75) is 25.8 Å². The van der Waals surface area contributed by atoms with Gasteiger partial charge in [-0.2, -0.15) is 0 Å². The Hall–Kier alpha value is -1.16. The van der Waals surface area contributed by atoms with Gasteiger partial charge in [0.15, 0.2) is 0 Å². The molecule has 2 aromatic rings. The minimum absolute atomic E-state index is 0.144. The van der Waals surface area contributed by atoms with E-state index in [2.05, 4.69) is 70.7 Å². The lowest BCUT2D eigenvalue weighted by Crippen LogP contribution is -2.30. The van der Waals surface area contributed by atoms with Crippen LogP contribution in [0.1, 0.15) is 29.7 Å². The van der Waals surface area contributed by atoms with E-state index in [1.807, 2.05) is 6.07 Å². The lowest BCUT2D eigenvalue weighted by molar-refractivity contribution is 0.547. The lowest BCUT2D eigenvalue weighted by Gasteiger charge is -2.19. The zero-order chi connectivity index (χ0) is 13.7. The maximum absolute atomic E-state index is 5.75. The van der Waals surface area contributed by atoms with E-state index < -0.39 is 0 Å². The Balaban J connectivity index is 2.25. The van der Waals surface area contributed by atoms with Gasteiger partial charge in [-0.15, -0.1) is 0 Å². The third kappa shape index (κ3) is 3.66. The third-order valence-electron chi connectivity index (χ3n) is 3.34. The van der Waals surface area contributed by atoms with E-state index in [-0.39, 0.29) is 6.04 Å². The summed E-state index contributed by atoms with van der Waals surface area (Å²) in [5.41, 5.74) is 6.84. The molecule has 0 bridgehead atoms. The number of nitrogens with two attached hydrogens (primary N) is 1. The molecule has 1 unspecified atom stereocenters. The van der Waals surface area contributed by atoms with Crippen LogP contribution < -0.4 is 11.3 Å². The highest BCUT2D eigenvalue weighted by Gasteiger charge is 2.13. The zero-order valence-electron chi connectivity index (χ0n) is 11.1. The highest BCUT2D eigenvalue weighted by atomic mass is 79.9. The van der Waals surface area contributed by atoms with Gasteiger partial charge in [0.1, 0.15) is 0 Å². The van der Waals surface area contributed by atoms with Crippen molar-refractivity contribution in [2.24, 2.45) is 5.84 Å². The molecule has 0 saturated heterocycles. The summed E-state index contributed by atoms with van der Waals surface area (Å²) in [4.78, 5) is 0. The fourth-order valence-corrected chi connectivity index (χ4v) is 2.80. The topological polar surface area (TPSA) is 38.0 Å². The molecule has 2 aromatic carbocycles. The van der Waals surface area contributed by atoms with Gasteiger partial charge in [0.05, 0.1) is 6.04 Å². The largest absolute Gasteiger partial charge is 0.271 e. The second-order valence-electron chi connectivity index (χ2n) is 4.61. The Morgan fingerprint density at radius 3 is 2.63 bits per heavy atom. The van der Waals surface area contributed by atoms with Crippen molar-refractivity contribution < 1.29 is 0 Å². The molecule has 0 heterocycles. The quantitative estimate of drug-likeness (QED) is 0.650. The summed E-state index contributed by atoms with van der Waals surface area (Å²) < 4.78 is 1.10. The van der Waals surface area contributed by atoms with Crippen molar-refractivity contribution in [3.05, 3.63) is 69.7 Å². The minimum atomic E-state index is 0.144. The van der Waals surface area contributed by atoms with E-state index in [0.29, 0.717) is 0 Å². The van der Waals surface area contributed by atoms with Crippen LogP contribution in [0.3, 0.4) is 0 Å². The van der Waals surface area contributed by atoms with Gasteiger partial charge in [-0.25, -0.2) is 0 Å². The van der Waals surface area contributed by atoms with Gasteiger partial charge in [0.25, 0.3) is 0 Å². The Morgan fingerprint density at radius 2 is 1.95 bits per heavy atom. The number of hydrogen-bond acceptors (Lipinski definition) is 2. The number of aryl methyl sites for hydroxylation is 1. The van der Waals surface area contributed by atoms with E-state index in [4.69, 9.17) is 5.84 Å². The Kier molecular flexibility index (Phi) is 5.14. The fraction of sp³-hybridized carbons (Fsp3) is 0.250. The molecule has 0 aromatic heterocycles. The van der Waals surface area contributed by atoms with Crippen LogP contribution in [0.4, 0.5) is 0 Å². The molecule has 0 spiro atoms. The van der Waals surface area contributed by atoms with Crippen molar-refractivity contribution in [2.75, 3.05) is 0 Å². The molecule has 2 nitrogen and oxygen atoms in total. The molecule has 0 saturated carbocycles. The number of hydrogen-bond donors (Lipinski definition) is 2. The predicted molar refractivity (Wildman–Crippen MR) is 83.7 cm³/mol. The molecule has 0 aliphatic rings. The summed E-state index contributed by atoms with van der Waals surface area (Å²) in [6, 6.07) is 17.0. The second-order valence-corrected chi connectivity index (χ2v) is 5.52. The number of hydrazine groups is 1. The molecule has 0 radical (unpaired) electrons. The number of rotatable bonds is 5. The molecule has 0 aliphatic carbocycles. The number of benzene rings is 2. The van der Waals surface area contributed by atoms with Crippen molar-refractivity contribution in [3.8, 4) is 0 Å². The van der Waals surface area contributed by atoms with E-state index in [1.165, 1.54) is 16.7 Å². The molecule has 3 N–H and O–H groups in total. The van der Waals surface area contributed by atoms with Gasteiger partial charge in [0, 0.05) is 4.47 Å². The molecule has 0 amide bonds. The maximum atomic E-state index is 5.75. The van der Waals surface area contributed by atoms with Gasteiger partial charge in [-0.05, 0) is 41.7 Å². The monoisotopic (exact) mass is 318 g/mol. The SMILES string of the molecule is CCc1ccccc1C(Cc1cccc(Br)c1)NN. The van der Waals surface area contributed by atoms with Crippen molar-refractivity contribution >= 4 is 15.9 Å². The molecule has 0 aliphatic heterocycles. The van der Waals surface area contributed by atoms with Crippen LogP contribution in [0.5, 0.6) is 0 Å². The first-order chi connectivity index (χ1) is 9.24. The standard InChI is InChI=1S/C16H19BrN2/c1-2-13-7-3-4-9-15(13)16(19-18)11-12-6-5-8-14(17)10-12/h3-10,16,19H,2,11,18H2,1H3. The van der Waals surface area contributed by atoms with Gasteiger partial charge in [-0.1, -0.05) is 59.3 Å². The molecule has 3 heteroatoms. The summed E-state index contributed by atoms with van der Waals surface area (Å²) in [5.74, 6) is 5.75. The Morgan fingerprint density at radius 1 is 1.16 bits per heavy atom. The average Bonchev–Trinajstić information content (AvgIpc) is 2.45. The smallest absolute Gasteiger partial charge is 0.0503 e. The minimum Gasteiger partial charge on any atom is -0.271 e. The van der Waals surface area contributed by atoms with E-state index in [1.54, 1.807) is 0 Å². The molecule has 0 fully saturated rings. The summed E-state index contributed by atoms with van der Waals surface area (Å²) in [7, 11) is 0. The second kappa shape index (κ2) is 6.85.